The normalized spacial score (nSPS) is 20.2. The molecule has 7 nitrogen and oxygen atoms in total. The monoisotopic (exact) mass is 321 g/mol. The number of carboxylic acid groups (broad SMARTS) is 1. The van der Waals surface area contributed by atoms with E-state index in [2.05, 4.69) is 10.3 Å². The number of nitrogens with one attached hydrogen (secondary N) is 2. The largest absolute Gasteiger partial charge is 0.480 e. The third-order valence-corrected chi connectivity index (χ3v) is 4.30. The predicted molar refractivity (Wildman–Crippen MR) is 85.7 cm³/mol. The van der Waals surface area contributed by atoms with Crippen LogP contribution in [0.2, 0.25) is 0 Å². The van der Waals surface area contributed by atoms with Gasteiger partial charge in [0.2, 0.25) is 0 Å². The smallest absolute Gasteiger partial charge is 0.317 e. The average molecular weight is 321 g/mol. The maximum Gasteiger partial charge on any atom is 0.317 e. The number of carbonyl (C=O) groups excluding carboxylic acids is 1. The van der Waals surface area contributed by atoms with E-state index in [9.17, 15) is 14.4 Å². The molecule has 7 heteroatoms. The first-order valence-corrected chi connectivity index (χ1v) is 7.79. The average Bonchev–Trinajstić information content (AvgIpc) is 2.38. The van der Waals surface area contributed by atoms with Crippen LogP contribution < -0.4 is 10.9 Å². The van der Waals surface area contributed by atoms with E-state index in [4.69, 9.17) is 5.11 Å². The number of rotatable bonds is 6. The van der Waals surface area contributed by atoms with Crippen LogP contribution in [0.3, 0.4) is 0 Å². The lowest BCUT2D eigenvalue weighted by Gasteiger charge is -2.42. The molecule has 0 unspecified atom stereocenters. The van der Waals surface area contributed by atoms with Crippen LogP contribution in [0.5, 0.6) is 0 Å². The van der Waals surface area contributed by atoms with Crippen LogP contribution in [0.1, 0.15) is 41.4 Å². The highest BCUT2D eigenvalue weighted by molar-refractivity contribution is 5.95. The Bertz CT molecular complexity index is 662. The summed E-state index contributed by atoms with van der Waals surface area (Å²) >= 11 is 0. The van der Waals surface area contributed by atoms with Gasteiger partial charge in [0, 0.05) is 17.8 Å². The minimum atomic E-state index is -0.846. The second kappa shape index (κ2) is 6.95. The highest BCUT2D eigenvalue weighted by Gasteiger charge is 2.35. The Labute approximate surface area is 134 Å². The summed E-state index contributed by atoms with van der Waals surface area (Å²) in [5.41, 5.74) is 1.15. The summed E-state index contributed by atoms with van der Waals surface area (Å²) < 4.78 is 0. The van der Waals surface area contributed by atoms with Crippen LogP contribution in [0.25, 0.3) is 0 Å². The Morgan fingerprint density at radius 3 is 2.57 bits per heavy atom. The van der Waals surface area contributed by atoms with Gasteiger partial charge in [-0.15, -0.1) is 0 Å². The maximum absolute atomic E-state index is 12.3. The van der Waals surface area contributed by atoms with Crippen LogP contribution in [0, 0.1) is 13.8 Å². The van der Waals surface area contributed by atoms with Crippen molar-refractivity contribution < 1.29 is 14.7 Å². The van der Waals surface area contributed by atoms with Crippen LogP contribution >= 0.6 is 0 Å². The number of carboxylic acids is 1. The lowest BCUT2D eigenvalue weighted by molar-refractivity contribution is -0.139. The first kappa shape index (κ1) is 17.2. The zero-order valence-electron chi connectivity index (χ0n) is 13.7. The van der Waals surface area contributed by atoms with Crippen molar-refractivity contribution in [3.63, 3.8) is 0 Å². The fraction of sp³-hybridized carbons (Fsp3) is 0.562. The number of aromatic amines is 1. The minimum absolute atomic E-state index is 0.0125. The van der Waals surface area contributed by atoms with E-state index in [0.29, 0.717) is 24.9 Å². The highest BCUT2D eigenvalue weighted by Crippen LogP contribution is 2.25. The van der Waals surface area contributed by atoms with Crippen molar-refractivity contribution in [2.24, 2.45) is 0 Å². The van der Waals surface area contributed by atoms with E-state index in [0.717, 1.165) is 5.69 Å². The first-order valence-electron chi connectivity index (χ1n) is 7.79. The van der Waals surface area contributed by atoms with Crippen molar-refractivity contribution in [1.82, 2.24) is 15.2 Å². The molecule has 0 bridgehead atoms. The van der Waals surface area contributed by atoms with Crippen molar-refractivity contribution >= 4 is 11.9 Å². The topological polar surface area (TPSA) is 102 Å². The number of hydrogen-bond donors (Lipinski definition) is 3. The number of aliphatic carboxylic acids is 1. The SMILES string of the molecule is CCN(CC(=O)O)C1CC(NC(=O)c2c(C)cc(C)[nH]c2=O)C1. The molecule has 126 valence electrons. The number of nitrogens with zero attached hydrogens (tertiary/aromatic N) is 1. The van der Waals surface area contributed by atoms with Gasteiger partial charge in [-0.1, -0.05) is 6.92 Å². The minimum Gasteiger partial charge on any atom is -0.480 e. The van der Waals surface area contributed by atoms with Crippen molar-refractivity contribution in [2.45, 2.75) is 45.7 Å². The zero-order chi connectivity index (χ0) is 17.1. The molecular weight excluding hydrogens is 298 g/mol. The van der Waals surface area contributed by atoms with Gasteiger partial charge in [-0.25, -0.2) is 0 Å². The van der Waals surface area contributed by atoms with Crippen molar-refractivity contribution in [3.8, 4) is 0 Å². The predicted octanol–water partition coefficient (Wildman–Crippen LogP) is 0.659. The van der Waals surface area contributed by atoms with Gasteiger partial charge in [0.25, 0.3) is 11.5 Å². The number of hydrogen-bond acceptors (Lipinski definition) is 4. The molecule has 0 aromatic carbocycles. The van der Waals surface area contributed by atoms with E-state index in [1.54, 1.807) is 19.9 Å². The van der Waals surface area contributed by atoms with Gasteiger partial charge in [-0.2, -0.15) is 0 Å². The number of pyridine rings is 1. The molecule has 0 saturated heterocycles. The first-order chi connectivity index (χ1) is 10.8. The van der Waals surface area contributed by atoms with Gasteiger partial charge in [0.05, 0.1) is 6.54 Å². The van der Waals surface area contributed by atoms with Gasteiger partial charge in [0.1, 0.15) is 5.56 Å². The molecule has 1 aliphatic carbocycles. The molecule has 0 radical (unpaired) electrons. The van der Waals surface area contributed by atoms with Crippen LogP contribution in [0.4, 0.5) is 0 Å². The lowest BCUT2D eigenvalue weighted by Crippen LogP contribution is -2.55. The fourth-order valence-corrected chi connectivity index (χ4v) is 3.07. The van der Waals surface area contributed by atoms with Crippen molar-refractivity contribution in [1.29, 1.82) is 0 Å². The molecule has 1 saturated carbocycles. The summed E-state index contributed by atoms with van der Waals surface area (Å²) in [6.45, 7) is 6.11. The zero-order valence-corrected chi connectivity index (χ0v) is 13.7. The molecule has 0 aliphatic heterocycles. The van der Waals surface area contributed by atoms with E-state index in [-0.39, 0.29) is 35.7 Å². The molecule has 1 heterocycles. The lowest BCUT2D eigenvalue weighted by atomic mass is 9.85. The Morgan fingerprint density at radius 1 is 1.39 bits per heavy atom. The Morgan fingerprint density at radius 2 is 2.04 bits per heavy atom. The molecule has 2 rings (SSSR count). The molecule has 1 aromatic heterocycles. The van der Waals surface area contributed by atoms with Gasteiger partial charge in [0.15, 0.2) is 0 Å². The Kier molecular flexibility index (Phi) is 5.20. The van der Waals surface area contributed by atoms with Gasteiger partial charge < -0.3 is 15.4 Å². The molecule has 0 atom stereocenters. The standard InChI is InChI=1S/C16H23N3O4/c1-4-19(8-13(20)21)12-6-11(7-12)18-16(23)14-9(2)5-10(3)17-15(14)22/h5,11-12H,4,6-8H2,1-3H3,(H,17,22)(H,18,23)(H,20,21). The fourth-order valence-electron chi connectivity index (χ4n) is 3.07. The molecule has 1 aromatic rings. The third-order valence-electron chi connectivity index (χ3n) is 4.30. The number of amides is 1. The number of H-pyrrole nitrogens is 1. The highest BCUT2D eigenvalue weighted by atomic mass is 16.4. The van der Waals surface area contributed by atoms with E-state index >= 15 is 0 Å². The molecule has 3 N–H and O–H groups in total. The quantitative estimate of drug-likeness (QED) is 0.714. The summed E-state index contributed by atoms with van der Waals surface area (Å²) in [6.07, 6.45) is 1.41. The van der Waals surface area contributed by atoms with Crippen LogP contribution in [0.15, 0.2) is 10.9 Å². The van der Waals surface area contributed by atoms with Gasteiger partial charge >= 0.3 is 5.97 Å². The Hall–Kier alpha value is -2.15. The van der Waals surface area contributed by atoms with Crippen molar-refractivity contribution in [2.75, 3.05) is 13.1 Å². The number of carbonyl (C=O) groups is 2. The molecule has 0 spiro atoms. The number of aromatic nitrogens is 1. The second-order valence-corrected chi connectivity index (χ2v) is 6.09. The summed E-state index contributed by atoms with van der Waals surface area (Å²) in [7, 11) is 0. The van der Waals surface area contributed by atoms with Gasteiger partial charge in [-0.3, -0.25) is 19.3 Å². The number of aryl methyl sites for hydroxylation is 2. The van der Waals surface area contributed by atoms with Crippen LogP contribution in [-0.2, 0) is 4.79 Å². The molecule has 1 amide bonds. The molecular formula is C16H23N3O4. The summed E-state index contributed by atoms with van der Waals surface area (Å²) in [6, 6.07) is 1.92. The van der Waals surface area contributed by atoms with Gasteiger partial charge in [-0.05, 0) is 44.9 Å². The molecule has 1 aliphatic rings. The summed E-state index contributed by atoms with van der Waals surface area (Å²) in [4.78, 5) is 39.6. The summed E-state index contributed by atoms with van der Waals surface area (Å²) in [5.74, 6) is -1.21. The van der Waals surface area contributed by atoms with E-state index < -0.39 is 5.97 Å². The van der Waals surface area contributed by atoms with Crippen LogP contribution in [-0.4, -0.2) is 52.0 Å². The molecule has 1 fully saturated rings. The van der Waals surface area contributed by atoms with Crippen molar-refractivity contribution in [3.05, 3.63) is 33.2 Å². The maximum atomic E-state index is 12.3. The van der Waals surface area contributed by atoms with E-state index in [1.165, 1.54) is 0 Å². The van der Waals surface area contributed by atoms with E-state index in [1.807, 2.05) is 11.8 Å². The second-order valence-electron chi connectivity index (χ2n) is 6.09. The molecule has 23 heavy (non-hydrogen) atoms. The Balaban J connectivity index is 1.94. The summed E-state index contributed by atoms with van der Waals surface area (Å²) in [5, 5.41) is 11.7. The number of likely N-dealkylation sites (N-methyl/N-ethyl adjacent to an activating group) is 1. The third kappa shape index (κ3) is 3.98.